The van der Waals surface area contributed by atoms with Gasteiger partial charge in [0.15, 0.2) is 0 Å². The van der Waals surface area contributed by atoms with Gasteiger partial charge in [0, 0.05) is 18.1 Å². The molecule has 1 aliphatic carbocycles. The van der Waals surface area contributed by atoms with E-state index in [1.165, 1.54) is 12.8 Å². The number of rotatable bonds is 7. The number of amides is 1. The molecule has 106 valence electrons. The molecule has 0 aromatic heterocycles. The Bertz CT molecular complexity index is 260. The fourth-order valence-corrected chi connectivity index (χ4v) is 2.98. The van der Waals surface area contributed by atoms with E-state index in [9.17, 15) is 4.79 Å². The van der Waals surface area contributed by atoms with Crippen LogP contribution in [0.4, 0.5) is 0 Å². The van der Waals surface area contributed by atoms with Crippen molar-refractivity contribution in [2.45, 2.75) is 64.5 Å². The minimum Gasteiger partial charge on any atom is -0.353 e. The number of nitrogens with two attached hydrogens (primary N) is 1. The number of carbonyl (C=O) groups is 1. The number of hydrogen-bond acceptors (Lipinski definition) is 3. The number of nitrogens with zero attached hydrogens (tertiary/aromatic N) is 1. The molecule has 0 aromatic rings. The monoisotopic (exact) mass is 255 g/mol. The van der Waals surface area contributed by atoms with E-state index in [1.807, 2.05) is 13.8 Å². The van der Waals surface area contributed by atoms with Gasteiger partial charge in [-0.2, -0.15) is 0 Å². The van der Waals surface area contributed by atoms with E-state index < -0.39 is 0 Å². The standard InChI is InChI=1S/C14H29N3O/c1-4-9-17(10-13(18)16-12(2)3)14(11-15)7-5-6-8-14/h12H,4-11,15H2,1-3H3,(H,16,18). The Morgan fingerprint density at radius 2 is 2.00 bits per heavy atom. The first kappa shape index (κ1) is 15.4. The van der Waals surface area contributed by atoms with Crippen LogP contribution >= 0.6 is 0 Å². The predicted octanol–water partition coefficient (Wildman–Crippen LogP) is 1.49. The molecule has 0 unspecified atom stereocenters. The zero-order valence-corrected chi connectivity index (χ0v) is 12.2. The van der Waals surface area contributed by atoms with Crippen LogP contribution in [0.15, 0.2) is 0 Å². The molecule has 0 heterocycles. The molecule has 0 atom stereocenters. The third-order valence-corrected chi connectivity index (χ3v) is 3.86. The normalized spacial score (nSPS) is 18.6. The molecule has 0 aromatic carbocycles. The van der Waals surface area contributed by atoms with Gasteiger partial charge in [0.25, 0.3) is 0 Å². The van der Waals surface area contributed by atoms with E-state index in [0.717, 1.165) is 25.8 Å². The first-order valence-electron chi connectivity index (χ1n) is 7.28. The average molecular weight is 255 g/mol. The molecular formula is C14H29N3O. The second kappa shape index (κ2) is 7.10. The van der Waals surface area contributed by atoms with Crippen LogP contribution in [0.25, 0.3) is 0 Å². The Morgan fingerprint density at radius 1 is 1.39 bits per heavy atom. The summed E-state index contributed by atoms with van der Waals surface area (Å²) in [5.74, 6) is 0.123. The van der Waals surface area contributed by atoms with Gasteiger partial charge in [-0.05, 0) is 39.7 Å². The van der Waals surface area contributed by atoms with E-state index in [1.54, 1.807) is 0 Å². The lowest BCUT2D eigenvalue weighted by atomic mass is 9.94. The van der Waals surface area contributed by atoms with E-state index in [2.05, 4.69) is 17.1 Å². The summed E-state index contributed by atoms with van der Waals surface area (Å²) in [5, 5.41) is 2.97. The summed E-state index contributed by atoms with van der Waals surface area (Å²) < 4.78 is 0. The summed E-state index contributed by atoms with van der Waals surface area (Å²) in [5.41, 5.74) is 6.08. The third-order valence-electron chi connectivity index (χ3n) is 3.86. The fraction of sp³-hybridized carbons (Fsp3) is 0.929. The molecule has 1 fully saturated rings. The van der Waals surface area contributed by atoms with Gasteiger partial charge in [0.1, 0.15) is 0 Å². The summed E-state index contributed by atoms with van der Waals surface area (Å²) >= 11 is 0. The molecule has 0 aliphatic heterocycles. The maximum Gasteiger partial charge on any atom is 0.234 e. The van der Waals surface area contributed by atoms with Crippen molar-refractivity contribution in [3.63, 3.8) is 0 Å². The molecule has 18 heavy (non-hydrogen) atoms. The van der Waals surface area contributed by atoms with Crippen molar-refractivity contribution in [3.8, 4) is 0 Å². The smallest absolute Gasteiger partial charge is 0.234 e. The third kappa shape index (κ3) is 3.95. The van der Waals surface area contributed by atoms with Crippen LogP contribution in [0.3, 0.4) is 0 Å². The van der Waals surface area contributed by atoms with E-state index >= 15 is 0 Å². The van der Waals surface area contributed by atoms with E-state index in [0.29, 0.717) is 13.1 Å². The Kier molecular flexibility index (Phi) is 6.09. The molecule has 4 heteroatoms. The minimum absolute atomic E-state index is 0.0737. The van der Waals surface area contributed by atoms with Crippen molar-refractivity contribution in [1.29, 1.82) is 0 Å². The van der Waals surface area contributed by atoms with Crippen molar-refractivity contribution in [1.82, 2.24) is 10.2 Å². The highest BCUT2D eigenvalue weighted by Gasteiger charge is 2.38. The van der Waals surface area contributed by atoms with Crippen LogP contribution in [0.5, 0.6) is 0 Å². The van der Waals surface area contributed by atoms with Crippen LogP contribution < -0.4 is 11.1 Å². The summed E-state index contributed by atoms with van der Waals surface area (Å²) in [4.78, 5) is 14.3. The predicted molar refractivity (Wildman–Crippen MR) is 75.4 cm³/mol. The zero-order chi connectivity index (χ0) is 13.6. The van der Waals surface area contributed by atoms with Crippen molar-refractivity contribution in [2.24, 2.45) is 5.73 Å². The quantitative estimate of drug-likeness (QED) is 0.725. The molecule has 0 spiro atoms. The lowest BCUT2D eigenvalue weighted by Gasteiger charge is -2.40. The first-order valence-corrected chi connectivity index (χ1v) is 7.28. The summed E-state index contributed by atoms with van der Waals surface area (Å²) in [7, 11) is 0. The van der Waals surface area contributed by atoms with Gasteiger partial charge in [0.05, 0.1) is 6.54 Å². The lowest BCUT2D eigenvalue weighted by Crippen LogP contribution is -2.55. The maximum absolute atomic E-state index is 12.0. The number of hydrogen-bond donors (Lipinski definition) is 2. The topological polar surface area (TPSA) is 58.4 Å². The van der Waals surface area contributed by atoms with Crippen LogP contribution in [0, 0.1) is 0 Å². The molecule has 1 rings (SSSR count). The van der Waals surface area contributed by atoms with Gasteiger partial charge in [-0.1, -0.05) is 19.8 Å². The van der Waals surface area contributed by atoms with Gasteiger partial charge in [0.2, 0.25) is 5.91 Å². The molecule has 4 nitrogen and oxygen atoms in total. The highest BCUT2D eigenvalue weighted by Crippen LogP contribution is 2.34. The number of carbonyl (C=O) groups excluding carboxylic acids is 1. The Labute approximate surface area is 111 Å². The van der Waals surface area contributed by atoms with Crippen molar-refractivity contribution in [2.75, 3.05) is 19.6 Å². The highest BCUT2D eigenvalue weighted by atomic mass is 16.2. The SMILES string of the molecule is CCCN(CC(=O)NC(C)C)C1(CN)CCCC1. The Hall–Kier alpha value is -0.610. The van der Waals surface area contributed by atoms with Crippen LogP contribution in [0.1, 0.15) is 52.9 Å². The van der Waals surface area contributed by atoms with E-state index in [-0.39, 0.29) is 17.5 Å². The zero-order valence-electron chi connectivity index (χ0n) is 12.2. The number of nitrogens with one attached hydrogen (secondary N) is 1. The second-order valence-electron chi connectivity index (χ2n) is 5.78. The fourth-order valence-electron chi connectivity index (χ4n) is 2.98. The van der Waals surface area contributed by atoms with Gasteiger partial charge >= 0.3 is 0 Å². The Balaban J connectivity index is 2.66. The lowest BCUT2D eigenvalue weighted by molar-refractivity contribution is -0.124. The van der Waals surface area contributed by atoms with Crippen LogP contribution in [-0.2, 0) is 4.79 Å². The van der Waals surface area contributed by atoms with Crippen molar-refractivity contribution < 1.29 is 4.79 Å². The molecule has 0 bridgehead atoms. The Morgan fingerprint density at radius 3 is 2.44 bits per heavy atom. The average Bonchev–Trinajstić information content (AvgIpc) is 2.77. The van der Waals surface area contributed by atoms with Gasteiger partial charge in [-0.3, -0.25) is 9.69 Å². The molecular weight excluding hydrogens is 226 g/mol. The molecule has 1 aliphatic rings. The summed E-state index contributed by atoms with van der Waals surface area (Å²) in [6.07, 6.45) is 5.82. The van der Waals surface area contributed by atoms with Crippen molar-refractivity contribution >= 4 is 5.91 Å². The highest BCUT2D eigenvalue weighted by molar-refractivity contribution is 5.78. The largest absolute Gasteiger partial charge is 0.353 e. The molecule has 1 amide bonds. The van der Waals surface area contributed by atoms with Gasteiger partial charge in [-0.25, -0.2) is 0 Å². The molecule has 1 saturated carbocycles. The first-order chi connectivity index (χ1) is 8.54. The molecule has 3 N–H and O–H groups in total. The second-order valence-corrected chi connectivity index (χ2v) is 5.78. The summed E-state index contributed by atoms with van der Waals surface area (Å²) in [6.45, 7) is 8.27. The maximum atomic E-state index is 12.0. The molecule has 0 radical (unpaired) electrons. The van der Waals surface area contributed by atoms with Gasteiger partial charge in [-0.15, -0.1) is 0 Å². The summed E-state index contributed by atoms with van der Waals surface area (Å²) in [6, 6.07) is 0.207. The van der Waals surface area contributed by atoms with Gasteiger partial charge < -0.3 is 11.1 Å². The molecule has 0 saturated heterocycles. The van der Waals surface area contributed by atoms with Crippen molar-refractivity contribution in [3.05, 3.63) is 0 Å². The van der Waals surface area contributed by atoms with Crippen LogP contribution in [-0.4, -0.2) is 42.0 Å². The van der Waals surface area contributed by atoms with E-state index in [4.69, 9.17) is 5.73 Å². The minimum atomic E-state index is 0.0737. The van der Waals surface area contributed by atoms with Crippen LogP contribution in [0.2, 0.25) is 0 Å².